The van der Waals surface area contributed by atoms with Crippen molar-refractivity contribution in [3.05, 3.63) is 89.7 Å². The van der Waals surface area contributed by atoms with Crippen molar-refractivity contribution in [1.29, 1.82) is 0 Å². The molecule has 3 rings (SSSR count). The molecule has 3 nitrogen and oxygen atoms in total. The van der Waals surface area contributed by atoms with Gasteiger partial charge in [0.05, 0.1) is 11.4 Å². The molecule has 1 aromatic heterocycles. The number of aromatic nitrogens is 1. The largest absolute Gasteiger partial charge is 0.546 e. The summed E-state index contributed by atoms with van der Waals surface area (Å²) in [5.41, 5.74) is 4.75. The van der Waals surface area contributed by atoms with Gasteiger partial charge in [-0.05, 0) is 49.8 Å². The first-order chi connectivity index (χ1) is 12.1. The predicted molar refractivity (Wildman–Crippen MR) is 107 cm³/mol. The zero-order chi connectivity index (χ0) is 17.6. The van der Waals surface area contributed by atoms with Crippen molar-refractivity contribution in [2.24, 2.45) is 4.99 Å². The molecule has 0 aliphatic heterocycles. The Labute approximate surface area is 150 Å². The van der Waals surface area contributed by atoms with Crippen molar-refractivity contribution < 1.29 is 4.43 Å². The minimum atomic E-state index is -1.22. The third-order valence-electron chi connectivity index (χ3n) is 3.66. The van der Waals surface area contributed by atoms with Crippen LogP contribution in [0.1, 0.15) is 16.8 Å². The molecule has 0 aliphatic carbocycles. The van der Waals surface area contributed by atoms with Gasteiger partial charge in [0.1, 0.15) is 11.4 Å². The highest BCUT2D eigenvalue weighted by atomic mass is 28.3. The molecule has 126 valence electrons. The SMILES string of the molecule is Cc1ccc(N=C(c2ccccc2)c2ccccn2)c(O[SiH](C)C)c1. The van der Waals surface area contributed by atoms with Crippen molar-refractivity contribution in [3.8, 4) is 5.75 Å². The maximum atomic E-state index is 6.11. The summed E-state index contributed by atoms with van der Waals surface area (Å²) >= 11 is 0. The van der Waals surface area contributed by atoms with Crippen LogP contribution in [-0.4, -0.2) is 19.7 Å². The van der Waals surface area contributed by atoms with Gasteiger partial charge in [0, 0.05) is 11.8 Å². The Bertz CT molecular complexity index is 820. The maximum Gasteiger partial charge on any atom is 0.229 e. The molecule has 1 heterocycles. The molecule has 0 N–H and O–H groups in total. The van der Waals surface area contributed by atoms with E-state index in [9.17, 15) is 0 Å². The molecule has 0 fully saturated rings. The van der Waals surface area contributed by atoms with E-state index >= 15 is 0 Å². The predicted octanol–water partition coefficient (Wildman–Crippen LogP) is 4.92. The molecular weight excluding hydrogens is 324 g/mol. The van der Waals surface area contributed by atoms with E-state index in [1.807, 2.05) is 42.5 Å². The summed E-state index contributed by atoms with van der Waals surface area (Å²) in [6, 6.07) is 22.2. The topological polar surface area (TPSA) is 34.5 Å². The zero-order valence-corrected chi connectivity index (χ0v) is 16.0. The van der Waals surface area contributed by atoms with Crippen LogP contribution in [0.2, 0.25) is 13.1 Å². The minimum absolute atomic E-state index is 0.844. The minimum Gasteiger partial charge on any atom is -0.546 e. The summed E-state index contributed by atoms with van der Waals surface area (Å²) in [5, 5.41) is 0. The van der Waals surface area contributed by atoms with Gasteiger partial charge >= 0.3 is 0 Å². The van der Waals surface area contributed by atoms with Crippen LogP contribution < -0.4 is 4.43 Å². The van der Waals surface area contributed by atoms with Crippen LogP contribution in [0.4, 0.5) is 5.69 Å². The van der Waals surface area contributed by atoms with Gasteiger partial charge in [-0.25, -0.2) is 4.99 Å². The normalized spacial score (nSPS) is 11.6. The van der Waals surface area contributed by atoms with Gasteiger partial charge in [-0.1, -0.05) is 42.5 Å². The van der Waals surface area contributed by atoms with Crippen molar-refractivity contribution in [1.82, 2.24) is 4.98 Å². The lowest BCUT2D eigenvalue weighted by Crippen LogP contribution is -2.11. The van der Waals surface area contributed by atoms with Gasteiger partial charge in [-0.2, -0.15) is 0 Å². The maximum absolute atomic E-state index is 6.11. The van der Waals surface area contributed by atoms with E-state index in [2.05, 4.69) is 49.3 Å². The molecule has 0 saturated heterocycles. The third-order valence-corrected chi connectivity index (χ3v) is 4.39. The molecule has 0 spiro atoms. The van der Waals surface area contributed by atoms with Crippen LogP contribution >= 0.6 is 0 Å². The van der Waals surface area contributed by atoms with Gasteiger partial charge in [0.2, 0.25) is 9.04 Å². The molecule has 0 aliphatic rings. The molecule has 25 heavy (non-hydrogen) atoms. The summed E-state index contributed by atoms with van der Waals surface area (Å²) in [7, 11) is -1.22. The van der Waals surface area contributed by atoms with E-state index in [1.54, 1.807) is 6.20 Å². The lowest BCUT2D eigenvalue weighted by Gasteiger charge is -2.14. The number of nitrogens with zero attached hydrogens (tertiary/aromatic N) is 2. The lowest BCUT2D eigenvalue weighted by atomic mass is 10.1. The molecule has 2 aromatic carbocycles. The average Bonchev–Trinajstić information content (AvgIpc) is 2.62. The second-order valence-corrected chi connectivity index (χ2v) is 8.51. The Morgan fingerprint density at radius 1 is 0.960 bits per heavy atom. The van der Waals surface area contributed by atoms with E-state index in [-0.39, 0.29) is 0 Å². The lowest BCUT2D eigenvalue weighted by molar-refractivity contribution is 0.581. The highest BCUT2D eigenvalue weighted by Gasteiger charge is 2.11. The Morgan fingerprint density at radius 3 is 2.40 bits per heavy atom. The molecule has 0 atom stereocenters. The first kappa shape index (κ1) is 17.1. The number of benzene rings is 2. The van der Waals surface area contributed by atoms with Crippen LogP contribution in [0.3, 0.4) is 0 Å². The Balaban J connectivity index is 2.14. The van der Waals surface area contributed by atoms with E-state index in [0.29, 0.717) is 0 Å². The molecule has 4 heteroatoms. The summed E-state index contributed by atoms with van der Waals surface area (Å²) in [4.78, 5) is 9.44. The number of aliphatic imine (C=N–C) groups is 1. The molecular formula is C21H22N2OSi. The summed E-state index contributed by atoms with van der Waals surface area (Å²) in [6.07, 6.45) is 1.79. The molecule has 0 radical (unpaired) electrons. The fourth-order valence-electron chi connectivity index (χ4n) is 2.55. The molecule has 0 saturated carbocycles. The number of aryl methyl sites for hydroxylation is 1. The highest BCUT2D eigenvalue weighted by molar-refractivity contribution is 6.49. The van der Waals surface area contributed by atoms with Gasteiger partial charge in [0.25, 0.3) is 0 Å². The summed E-state index contributed by atoms with van der Waals surface area (Å²) in [5.74, 6) is 0.853. The van der Waals surface area contributed by atoms with E-state index in [1.165, 1.54) is 5.56 Å². The summed E-state index contributed by atoms with van der Waals surface area (Å²) < 4.78 is 6.11. The van der Waals surface area contributed by atoms with Crippen molar-refractivity contribution in [3.63, 3.8) is 0 Å². The number of hydrogen-bond donors (Lipinski definition) is 0. The number of pyridine rings is 1. The number of rotatable bonds is 5. The van der Waals surface area contributed by atoms with Crippen LogP contribution in [-0.2, 0) is 0 Å². The monoisotopic (exact) mass is 346 g/mol. The zero-order valence-electron chi connectivity index (χ0n) is 14.8. The highest BCUT2D eigenvalue weighted by Crippen LogP contribution is 2.30. The van der Waals surface area contributed by atoms with Crippen LogP contribution in [0, 0.1) is 6.92 Å². The van der Waals surface area contributed by atoms with E-state index in [4.69, 9.17) is 9.42 Å². The van der Waals surface area contributed by atoms with E-state index in [0.717, 1.165) is 28.4 Å². The van der Waals surface area contributed by atoms with Gasteiger partial charge in [0.15, 0.2) is 0 Å². The van der Waals surface area contributed by atoms with Crippen molar-refractivity contribution in [2.45, 2.75) is 20.0 Å². The first-order valence-corrected chi connectivity index (χ1v) is 11.2. The fraction of sp³-hybridized carbons (Fsp3) is 0.143. The van der Waals surface area contributed by atoms with E-state index < -0.39 is 9.04 Å². The second-order valence-electron chi connectivity index (χ2n) is 6.18. The smallest absolute Gasteiger partial charge is 0.229 e. The average molecular weight is 347 g/mol. The van der Waals surface area contributed by atoms with Crippen LogP contribution in [0.25, 0.3) is 0 Å². The molecule has 0 amide bonds. The summed E-state index contributed by atoms with van der Waals surface area (Å²) in [6.45, 7) is 6.39. The molecule has 0 unspecified atom stereocenters. The first-order valence-electron chi connectivity index (χ1n) is 8.46. The van der Waals surface area contributed by atoms with Crippen LogP contribution in [0.5, 0.6) is 5.75 Å². The van der Waals surface area contributed by atoms with Gasteiger partial charge in [-0.3, -0.25) is 4.98 Å². The number of hydrogen-bond acceptors (Lipinski definition) is 3. The Kier molecular flexibility index (Phi) is 5.41. The Morgan fingerprint density at radius 2 is 1.72 bits per heavy atom. The van der Waals surface area contributed by atoms with Crippen molar-refractivity contribution >= 4 is 20.4 Å². The Hall–Kier alpha value is -2.72. The van der Waals surface area contributed by atoms with Gasteiger partial charge in [-0.15, -0.1) is 0 Å². The van der Waals surface area contributed by atoms with Gasteiger partial charge < -0.3 is 4.43 Å². The fourth-order valence-corrected chi connectivity index (χ4v) is 3.25. The molecule has 3 aromatic rings. The standard InChI is InChI=1S/C21H22N2OSi/c1-16-12-13-18(20(15-16)24-25(2)3)23-21(17-9-5-4-6-10-17)19-11-7-8-14-22-19/h4-15,25H,1-3H3. The third kappa shape index (κ3) is 4.42. The van der Waals surface area contributed by atoms with Crippen molar-refractivity contribution in [2.75, 3.05) is 0 Å². The quantitative estimate of drug-likeness (QED) is 0.485. The van der Waals surface area contributed by atoms with Crippen LogP contribution in [0.15, 0.2) is 77.9 Å². The second kappa shape index (κ2) is 7.90. The molecule has 0 bridgehead atoms.